The number of nitrogens with one attached hydrogen (secondary N) is 1. The Morgan fingerprint density at radius 3 is 2.45 bits per heavy atom. The summed E-state index contributed by atoms with van der Waals surface area (Å²) in [4.78, 5) is 28.3. The Morgan fingerprint density at radius 2 is 1.77 bits per heavy atom. The first-order chi connectivity index (χ1) is 22.0. The van der Waals surface area contributed by atoms with Gasteiger partial charge in [-0.05, 0) is 106 Å². The first-order valence-corrected chi connectivity index (χ1v) is 17.6. The molecule has 0 saturated carbocycles. The van der Waals surface area contributed by atoms with Gasteiger partial charge in [0, 0.05) is 50.6 Å². The molecule has 3 aliphatic heterocycles. The monoisotopic (exact) mass is 682 g/mol. The Hall–Kier alpha value is -3.54. The van der Waals surface area contributed by atoms with Crippen LogP contribution < -0.4 is 16.0 Å². The summed E-state index contributed by atoms with van der Waals surface area (Å²) in [5, 5.41) is 17.6. The number of piperidine rings is 2. The first-order valence-electron chi connectivity index (χ1n) is 16.2. The van der Waals surface area contributed by atoms with Crippen LogP contribution in [0.4, 0.5) is 10.6 Å². The second-order valence-electron chi connectivity index (χ2n) is 12.8. The summed E-state index contributed by atoms with van der Waals surface area (Å²) >= 11 is 0. The molecule has 3 N–H and O–H groups in total. The van der Waals surface area contributed by atoms with Crippen molar-refractivity contribution in [1.82, 2.24) is 24.3 Å². The second-order valence-corrected chi connectivity index (χ2v) is 14.8. The van der Waals surface area contributed by atoms with Gasteiger partial charge >= 0.3 is 6.03 Å². The van der Waals surface area contributed by atoms with Gasteiger partial charge in [0.25, 0.3) is 0 Å². The van der Waals surface area contributed by atoms with E-state index in [0.717, 1.165) is 48.8 Å². The molecule has 3 amide bonds. The number of halogens is 1. The zero-order valence-corrected chi connectivity index (χ0v) is 28.5. The maximum atomic E-state index is 13.3. The van der Waals surface area contributed by atoms with Crippen LogP contribution in [-0.2, 0) is 28.3 Å². The maximum Gasteiger partial charge on any atom is 0.329 e. The van der Waals surface area contributed by atoms with Crippen molar-refractivity contribution in [1.29, 1.82) is 5.26 Å². The molecule has 3 aromatic rings. The van der Waals surface area contributed by atoms with Crippen LogP contribution in [0.3, 0.4) is 0 Å². The van der Waals surface area contributed by atoms with Crippen molar-refractivity contribution in [3.8, 4) is 6.07 Å². The number of hydrogen-bond acceptors (Lipinski definition) is 8. The molecular formula is C33H43ClN8O4S. The van der Waals surface area contributed by atoms with Crippen LogP contribution >= 0.6 is 12.4 Å². The lowest BCUT2D eigenvalue weighted by Crippen LogP contribution is -2.49. The highest BCUT2D eigenvalue weighted by Gasteiger charge is 2.31. The molecule has 1 atom stereocenters. The number of fused-ring (bicyclic) bond motifs is 1. The van der Waals surface area contributed by atoms with Gasteiger partial charge in [-0.3, -0.25) is 19.7 Å². The molecule has 14 heteroatoms. The van der Waals surface area contributed by atoms with Gasteiger partial charge in [-0.15, -0.1) is 12.4 Å². The third-order valence-corrected chi connectivity index (χ3v) is 11.8. The van der Waals surface area contributed by atoms with Crippen LogP contribution in [-0.4, -0.2) is 84.1 Å². The van der Waals surface area contributed by atoms with Crippen molar-refractivity contribution >= 4 is 51.1 Å². The number of amides is 3. The minimum Gasteiger partial charge on any atom is -0.328 e. The van der Waals surface area contributed by atoms with Crippen LogP contribution in [0.25, 0.3) is 10.9 Å². The van der Waals surface area contributed by atoms with Crippen molar-refractivity contribution in [3.05, 3.63) is 53.1 Å². The van der Waals surface area contributed by atoms with Crippen molar-refractivity contribution < 1.29 is 18.0 Å². The molecule has 1 aromatic heterocycles. The number of nitrogens with zero attached hydrogens (tertiary/aromatic N) is 6. The molecule has 1 unspecified atom stereocenters. The number of aryl methyl sites for hydroxylation is 2. The van der Waals surface area contributed by atoms with E-state index in [4.69, 9.17) is 5.73 Å². The number of carbonyl (C=O) groups excluding carboxylic acids is 2. The normalized spacial score (nSPS) is 19.7. The average molecular weight is 683 g/mol. The summed E-state index contributed by atoms with van der Waals surface area (Å²) in [6.45, 7) is 5.24. The molecule has 0 radical (unpaired) electrons. The number of nitrogens with two attached hydrogens (primary N) is 1. The molecule has 4 heterocycles. The lowest BCUT2D eigenvalue weighted by Gasteiger charge is -2.36. The average Bonchev–Trinajstić information content (AvgIpc) is 3.38. The lowest BCUT2D eigenvalue weighted by molar-refractivity contribution is -0.120. The quantitative estimate of drug-likeness (QED) is 0.365. The summed E-state index contributed by atoms with van der Waals surface area (Å²) in [5.41, 5.74) is 9.48. The molecule has 12 nitrogen and oxygen atoms in total. The number of sulfonamides is 1. The molecule has 3 fully saturated rings. The molecule has 2 aromatic carbocycles. The van der Waals surface area contributed by atoms with E-state index in [2.05, 4.69) is 40.4 Å². The topological polar surface area (TPSA) is 158 Å². The Balaban J connectivity index is 0.00000433. The van der Waals surface area contributed by atoms with Crippen molar-refractivity contribution in [2.75, 3.05) is 37.6 Å². The van der Waals surface area contributed by atoms with E-state index in [1.165, 1.54) is 14.8 Å². The Labute approximate surface area is 282 Å². The third-order valence-electron chi connectivity index (χ3n) is 9.95. The lowest BCUT2D eigenvalue weighted by atomic mass is 9.88. The summed E-state index contributed by atoms with van der Waals surface area (Å²) < 4.78 is 30.0. The van der Waals surface area contributed by atoms with E-state index >= 15 is 0 Å². The Morgan fingerprint density at radius 1 is 1.04 bits per heavy atom. The van der Waals surface area contributed by atoms with Gasteiger partial charge in [-0.1, -0.05) is 6.07 Å². The fourth-order valence-corrected chi connectivity index (χ4v) is 8.53. The fraction of sp³-hybridized carbons (Fsp3) is 0.515. The highest BCUT2D eigenvalue weighted by Crippen LogP contribution is 2.34. The molecule has 0 aliphatic carbocycles. The van der Waals surface area contributed by atoms with E-state index < -0.39 is 16.1 Å². The molecule has 252 valence electrons. The molecule has 6 rings (SSSR count). The summed E-state index contributed by atoms with van der Waals surface area (Å²) in [5.74, 6) is 0.700. The van der Waals surface area contributed by atoms with Crippen LogP contribution in [0, 0.1) is 11.3 Å². The zero-order valence-electron chi connectivity index (χ0n) is 26.9. The van der Waals surface area contributed by atoms with Gasteiger partial charge in [0.1, 0.15) is 0 Å². The first kappa shape index (κ1) is 34.8. The van der Waals surface area contributed by atoms with Gasteiger partial charge in [0.2, 0.25) is 15.9 Å². The maximum absolute atomic E-state index is 13.3. The predicted octanol–water partition coefficient (Wildman–Crippen LogP) is 3.63. The standard InChI is InChI=1S/C33H42N8O4S.ClH/c1-22(3-4-24-19-28(7-5-26(24)21-34)46(44,45)40-16-11-27(35)12-17-40)39-14-9-23(10-15-39)25-6-8-29-30(20-25)38(2)37-32(29)41-18-13-31(42)36-33(41)43;/h5-8,19-20,22-23,27H,3-4,9-18,35H2,1-2H3,(H,36,42,43);1H. The van der Waals surface area contributed by atoms with Gasteiger partial charge in [-0.2, -0.15) is 14.7 Å². The molecule has 0 bridgehead atoms. The van der Waals surface area contributed by atoms with Crippen LogP contribution in [0.2, 0.25) is 0 Å². The van der Waals surface area contributed by atoms with Gasteiger partial charge in [0.15, 0.2) is 5.82 Å². The largest absolute Gasteiger partial charge is 0.329 e. The van der Waals surface area contributed by atoms with Gasteiger partial charge < -0.3 is 10.6 Å². The van der Waals surface area contributed by atoms with Crippen LogP contribution in [0.5, 0.6) is 0 Å². The fourth-order valence-electron chi connectivity index (χ4n) is 7.01. The van der Waals surface area contributed by atoms with E-state index in [0.29, 0.717) is 56.2 Å². The predicted molar refractivity (Wildman–Crippen MR) is 182 cm³/mol. The van der Waals surface area contributed by atoms with Crippen molar-refractivity contribution in [3.63, 3.8) is 0 Å². The van der Waals surface area contributed by atoms with E-state index in [1.54, 1.807) is 22.9 Å². The molecular weight excluding hydrogens is 640 g/mol. The minimum absolute atomic E-state index is 0. The number of rotatable bonds is 8. The number of urea groups is 1. The van der Waals surface area contributed by atoms with Gasteiger partial charge in [-0.25, -0.2) is 13.2 Å². The molecule has 3 aliphatic rings. The third kappa shape index (κ3) is 7.17. The number of carbonyl (C=O) groups is 2. The molecule has 47 heavy (non-hydrogen) atoms. The Bertz CT molecular complexity index is 1790. The summed E-state index contributed by atoms with van der Waals surface area (Å²) in [6, 6.07) is 13.3. The second kappa shape index (κ2) is 14.3. The number of anilines is 1. The number of benzene rings is 2. The molecule has 3 saturated heterocycles. The smallest absolute Gasteiger partial charge is 0.328 e. The van der Waals surface area contributed by atoms with E-state index in [9.17, 15) is 23.3 Å². The highest BCUT2D eigenvalue weighted by molar-refractivity contribution is 7.89. The number of aromatic nitrogens is 2. The molecule has 0 spiro atoms. The van der Waals surface area contributed by atoms with E-state index in [-0.39, 0.29) is 41.7 Å². The SMILES string of the molecule is CC(CCc1cc(S(=O)(=O)N2CCC(N)CC2)ccc1C#N)N1CCC(c2ccc3c(N4CCC(=O)NC4=O)nn(C)c3c2)CC1.Cl. The summed E-state index contributed by atoms with van der Waals surface area (Å²) in [7, 11) is -1.76. The van der Waals surface area contributed by atoms with E-state index in [1.807, 2.05) is 13.1 Å². The number of likely N-dealkylation sites (tertiary alicyclic amines) is 1. The van der Waals surface area contributed by atoms with Crippen LogP contribution in [0.15, 0.2) is 41.3 Å². The van der Waals surface area contributed by atoms with Crippen LogP contribution in [0.1, 0.15) is 68.1 Å². The number of hydrogen-bond donors (Lipinski definition) is 2. The minimum atomic E-state index is -3.63. The summed E-state index contributed by atoms with van der Waals surface area (Å²) in [6.07, 6.45) is 5.02. The van der Waals surface area contributed by atoms with Gasteiger partial charge in [0.05, 0.1) is 22.0 Å². The highest BCUT2D eigenvalue weighted by atomic mass is 35.5. The van der Waals surface area contributed by atoms with Crippen molar-refractivity contribution in [2.24, 2.45) is 12.8 Å². The number of nitriles is 1. The zero-order chi connectivity index (χ0) is 32.6. The Kier molecular flexibility index (Phi) is 10.6. The van der Waals surface area contributed by atoms with Crippen molar-refractivity contribution in [2.45, 2.75) is 74.8 Å². The number of imide groups is 1.